The molecule has 126 valence electrons. The molecule has 4 rings (SSSR count). The second kappa shape index (κ2) is 6.09. The fraction of sp³-hybridized carbons (Fsp3) is 0.200. The molecule has 1 saturated heterocycles. The predicted molar refractivity (Wildman–Crippen MR) is 97.3 cm³/mol. The van der Waals surface area contributed by atoms with Gasteiger partial charge in [0.2, 0.25) is 5.91 Å². The van der Waals surface area contributed by atoms with Gasteiger partial charge >= 0.3 is 0 Å². The minimum absolute atomic E-state index is 0.0921. The maximum Gasteiger partial charge on any atom is 0.257 e. The number of carbonyl (C=O) groups is 2. The molecule has 0 atom stereocenters. The number of fused-ring (bicyclic) bond motifs is 1. The molecular formula is C20H19N3O2. The molecule has 1 fully saturated rings. The largest absolute Gasteiger partial charge is 0.353 e. The van der Waals surface area contributed by atoms with Crippen LogP contribution in [0.25, 0.3) is 22.2 Å². The first-order chi connectivity index (χ1) is 12.2. The second-order valence-corrected chi connectivity index (χ2v) is 6.24. The van der Waals surface area contributed by atoms with Crippen molar-refractivity contribution in [2.24, 2.45) is 7.05 Å². The Morgan fingerprint density at radius 3 is 2.52 bits per heavy atom. The fourth-order valence-electron chi connectivity index (χ4n) is 3.51. The van der Waals surface area contributed by atoms with Gasteiger partial charge in [-0.3, -0.25) is 9.59 Å². The lowest BCUT2D eigenvalue weighted by Gasteiger charge is -2.27. The van der Waals surface area contributed by atoms with E-state index < -0.39 is 0 Å². The topological polar surface area (TPSA) is 54.3 Å². The first-order valence-corrected chi connectivity index (χ1v) is 8.35. The molecule has 1 N–H and O–H groups in total. The Bertz CT molecular complexity index is 960. The number of para-hydroxylation sites is 1. The van der Waals surface area contributed by atoms with Crippen molar-refractivity contribution in [3.05, 3.63) is 60.2 Å². The first-order valence-electron chi connectivity index (χ1n) is 8.35. The molecule has 2 heterocycles. The molecule has 0 radical (unpaired) electrons. The van der Waals surface area contributed by atoms with Gasteiger partial charge in [0.05, 0.1) is 17.8 Å². The highest BCUT2D eigenvalue weighted by molar-refractivity contribution is 6.13. The first kappa shape index (κ1) is 15.4. The number of nitrogens with one attached hydrogen (secondary N) is 1. The highest BCUT2D eigenvalue weighted by atomic mass is 16.2. The molecule has 1 aliphatic rings. The number of aryl methyl sites for hydroxylation is 1. The molecule has 5 nitrogen and oxygen atoms in total. The molecule has 25 heavy (non-hydrogen) atoms. The Hall–Kier alpha value is -3.08. The summed E-state index contributed by atoms with van der Waals surface area (Å²) in [5.41, 5.74) is 3.55. The Balaban J connectivity index is 1.92. The average Bonchev–Trinajstić information content (AvgIpc) is 2.95. The van der Waals surface area contributed by atoms with Gasteiger partial charge in [-0.15, -0.1) is 0 Å². The van der Waals surface area contributed by atoms with E-state index in [2.05, 4.69) is 9.88 Å². The highest BCUT2D eigenvalue weighted by Gasteiger charge is 2.28. The van der Waals surface area contributed by atoms with Crippen molar-refractivity contribution in [2.45, 2.75) is 0 Å². The number of carbonyl (C=O) groups excluding carboxylic acids is 2. The van der Waals surface area contributed by atoms with Crippen LogP contribution in [0.3, 0.4) is 0 Å². The van der Waals surface area contributed by atoms with Crippen molar-refractivity contribution in [3.8, 4) is 11.3 Å². The second-order valence-electron chi connectivity index (χ2n) is 6.24. The maximum absolute atomic E-state index is 13.3. The summed E-state index contributed by atoms with van der Waals surface area (Å²) in [6.07, 6.45) is 0. The number of rotatable bonds is 2. The van der Waals surface area contributed by atoms with Gasteiger partial charge in [0, 0.05) is 31.0 Å². The van der Waals surface area contributed by atoms with Gasteiger partial charge in [-0.05, 0) is 11.6 Å². The molecule has 0 saturated carbocycles. The van der Waals surface area contributed by atoms with Gasteiger partial charge in [0.1, 0.15) is 0 Å². The van der Waals surface area contributed by atoms with E-state index in [4.69, 9.17) is 0 Å². The number of benzene rings is 2. The molecule has 2 aromatic carbocycles. The minimum Gasteiger partial charge on any atom is -0.353 e. The number of aromatic nitrogens is 1. The van der Waals surface area contributed by atoms with E-state index in [1.54, 1.807) is 4.90 Å². The van der Waals surface area contributed by atoms with Crippen LogP contribution < -0.4 is 5.32 Å². The van der Waals surface area contributed by atoms with Crippen molar-refractivity contribution in [1.82, 2.24) is 14.8 Å². The smallest absolute Gasteiger partial charge is 0.257 e. The zero-order valence-corrected chi connectivity index (χ0v) is 14.0. The van der Waals surface area contributed by atoms with Crippen LogP contribution in [0.15, 0.2) is 54.6 Å². The number of hydrogen-bond acceptors (Lipinski definition) is 2. The van der Waals surface area contributed by atoms with Crippen molar-refractivity contribution in [2.75, 3.05) is 19.6 Å². The van der Waals surface area contributed by atoms with Crippen molar-refractivity contribution < 1.29 is 9.59 Å². The number of nitrogens with zero attached hydrogens (tertiary/aromatic N) is 2. The molecule has 5 heteroatoms. The lowest BCUT2D eigenvalue weighted by Crippen LogP contribution is -2.50. The number of hydrogen-bond donors (Lipinski definition) is 1. The fourth-order valence-corrected chi connectivity index (χ4v) is 3.51. The third kappa shape index (κ3) is 2.58. The Labute approximate surface area is 145 Å². The molecule has 0 unspecified atom stereocenters. The van der Waals surface area contributed by atoms with E-state index in [0.717, 1.165) is 22.2 Å². The quantitative estimate of drug-likeness (QED) is 0.783. The Kier molecular flexibility index (Phi) is 3.76. The van der Waals surface area contributed by atoms with Crippen LogP contribution in [0.4, 0.5) is 0 Å². The summed E-state index contributed by atoms with van der Waals surface area (Å²) in [7, 11) is 1.98. The van der Waals surface area contributed by atoms with Crippen LogP contribution in [0.1, 0.15) is 10.4 Å². The molecular weight excluding hydrogens is 314 g/mol. The molecule has 1 aromatic heterocycles. The summed E-state index contributed by atoms with van der Waals surface area (Å²) in [5.74, 6) is -0.202. The highest BCUT2D eigenvalue weighted by Crippen LogP contribution is 2.33. The van der Waals surface area contributed by atoms with Gasteiger partial charge in [0.25, 0.3) is 5.91 Å². The van der Waals surface area contributed by atoms with E-state index in [1.807, 2.05) is 61.6 Å². The Morgan fingerprint density at radius 1 is 1.04 bits per heavy atom. The summed E-state index contributed by atoms with van der Waals surface area (Å²) < 4.78 is 2.06. The van der Waals surface area contributed by atoms with Crippen LogP contribution in [-0.4, -0.2) is 40.9 Å². The van der Waals surface area contributed by atoms with Crippen LogP contribution in [0.2, 0.25) is 0 Å². The van der Waals surface area contributed by atoms with E-state index in [-0.39, 0.29) is 18.4 Å². The van der Waals surface area contributed by atoms with Gasteiger partial charge < -0.3 is 14.8 Å². The van der Waals surface area contributed by atoms with Crippen LogP contribution in [0, 0.1) is 0 Å². The molecule has 0 aliphatic carbocycles. The number of amides is 2. The lowest BCUT2D eigenvalue weighted by molar-refractivity contribution is -0.123. The van der Waals surface area contributed by atoms with Crippen molar-refractivity contribution in [1.29, 1.82) is 0 Å². The van der Waals surface area contributed by atoms with Crippen LogP contribution >= 0.6 is 0 Å². The third-order valence-corrected chi connectivity index (χ3v) is 4.69. The third-order valence-electron chi connectivity index (χ3n) is 4.69. The zero-order chi connectivity index (χ0) is 17.4. The Morgan fingerprint density at radius 2 is 1.76 bits per heavy atom. The van der Waals surface area contributed by atoms with Gasteiger partial charge in [0.15, 0.2) is 0 Å². The molecule has 0 spiro atoms. The lowest BCUT2D eigenvalue weighted by atomic mass is 10.0. The van der Waals surface area contributed by atoms with Gasteiger partial charge in [-0.1, -0.05) is 48.5 Å². The SMILES string of the molecule is Cn1c(-c2ccccc2)c(C(=O)N2CCNC(=O)C2)c2ccccc21. The predicted octanol–water partition coefficient (Wildman–Crippen LogP) is 2.42. The summed E-state index contributed by atoms with van der Waals surface area (Å²) >= 11 is 0. The van der Waals surface area contributed by atoms with Crippen molar-refractivity contribution >= 4 is 22.7 Å². The molecule has 2 amide bonds. The zero-order valence-electron chi connectivity index (χ0n) is 14.0. The standard InChI is InChI=1S/C20H19N3O2/c1-22-16-10-6-5-9-15(16)18(19(22)14-7-3-2-4-8-14)20(25)23-12-11-21-17(24)13-23/h2-10H,11-13H2,1H3,(H,21,24). The molecule has 3 aromatic rings. The van der Waals surface area contributed by atoms with E-state index in [9.17, 15) is 9.59 Å². The van der Waals surface area contributed by atoms with Gasteiger partial charge in [-0.2, -0.15) is 0 Å². The van der Waals surface area contributed by atoms with E-state index >= 15 is 0 Å². The van der Waals surface area contributed by atoms with Gasteiger partial charge in [-0.25, -0.2) is 0 Å². The normalized spacial score (nSPS) is 14.6. The monoisotopic (exact) mass is 333 g/mol. The molecule has 1 aliphatic heterocycles. The average molecular weight is 333 g/mol. The summed E-state index contributed by atoms with van der Waals surface area (Å²) in [4.78, 5) is 26.7. The minimum atomic E-state index is -0.110. The van der Waals surface area contributed by atoms with Crippen LogP contribution in [0.5, 0.6) is 0 Å². The van der Waals surface area contributed by atoms with Crippen LogP contribution in [-0.2, 0) is 11.8 Å². The van der Waals surface area contributed by atoms with E-state index in [1.165, 1.54) is 0 Å². The van der Waals surface area contributed by atoms with E-state index in [0.29, 0.717) is 18.7 Å². The van der Waals surface area contributed by atoms with Crippen molar-refractivity contribution in [3.63, 3.8) is 0 Å². The summed E-state index contributed by atoms with van der Waals surface area (Å²) in [6.45, 7) is 1.13. The summed E-state index contributed by atoms with van der Waals surface area (Å²) in [5, 5.41) is 3.69. The summed E-state index contributed by atoms with van der Waals surface area (Å²) in [6, 6.07) is 17.8. The molecule has 0 bridgehead atoms. The maximum atomic E-state index is 13.3. The number of piperazine rings is 1.